The number of carboxylic acid groups (broad SMARTS) is 2. The second-order valence-corrected chi connectivity index (χ2v) is 4.15. The molecule has 0 aromatic carbocycles. The molecule has 0 aromatic heterocycles. The van der Waals surface area contributed by atoms with Crippen LogP contribution in [-0.2, 0) is 9.59 Å². The van der Waals surface area contributed by atoms with Crippen LogP contribution in [0.5, 0.6) is 0 Å². The summed E-state index contributed by atoms with van der Waals surface area (Å²) in [6.07, 6.45) is 3.57. The lowest BCUT2D eigenvalue weighted by atomic mass is 10.1. The van der Waals surface area contributed by atoms with Crippen molar-refractivity contribution in [2.75, 3.05) is 0 Å². The van der Waals surface area contributed by atoms with Crippen molar-refractivity contribution in [3.8, 4) is 0 Å². The van der Waals surface area contributed by atoms with E-state index in [1.54, 1.807) is 6.08 Å². The third-order valence-electron chi connectivity index (χ3n) is 2.49. The summed E-state index contributed by atoms with van der Waals surface area (Å²) in [6.45, 7) is 2.87. The lowest BCUT2D eigenvalue weighted by Crippen LogP contribution is -2.02. The molecule has 0 heterocycles. The van der Waals surface area contributed by atoms with Gasteiger partial charge in [0.05, 0.1) is 0 Å². The quantitative estimate of drug-likeness (QED) is 0.518. The summed E-state index contributed by atoms with van der Waals surface area (Å²) in [4.78, 5) is 20.9. The van der Waals surface area contributed by atoms with Gasteiger partial charge in [-0.1, -0.05) is 6.08 Å². The van der Waals surface area contributed by atoms with Crippen molar-refractivity contribution in [3.05, 3.63) is 23.3 Å². The number of carbonyl (C=O) groups is 2. The van der Waals surface area contributed by atoms with Crippen molar-refractivity contribution in [1.82, 2.24) is 0 Å². The van der Waals surface area contributed by atoms with E-state index < -0.39 is 18.1 Å². The van der Waals surface area contributed by atoms with Crippen LogP contribution >= 0.6 is 0 Å². The minimum absolute atomic E-state index is 0.00381. The first-order chi connectivity index (χ1) is 8.34. The second-order valence-electron chi connectivity index (χ2n) is 4.15. The van der Waals surface area contributed by atoms with Crippen LogP contribution in [0.2, 0.25) is 0 Å². The second kappa shape index (κ2) is 8.44. The van der Waals surface area contributed by atoms with Gasteiger partial charge in [-0.2, -0.15) is 0 Å². The topological polar surface area (TPSA) is 74.6 Å². The number of unbranched alkanes of at least 4 members (excludes halogenated alkanes) is 2. The van der Waals surface area contributed by atoms with E-state index in [-0.39, 0.29) is 17.6 Å². The number of hydrogen-bond donors (Lipinski definition) is 2. The van der Waals surface area contributed by atoms with Crippen molar-refractivity contribution in [2.24, 2.45) is 0 Å². The van der Waals surface area contributed by atoms with Gasteiger partial charge in [-0.25, -0.2) is 14.0 Å². The fourth-order valence-corrected chi connectivity index (χ4v) is 1.32. The predicted octanol–water partition coefficient (Wildman–Crippen LogP) is 2.95. The zero-order valence-electron chi connectivity index (χ0n) is 10.6. The Morgan fingerprint density at radius 2 is 1.67 bits per heavy atom. The molecule has 0 aliphatic carbocycles. The Labute approximate surface area is 106 Å². The Bertz CT molecular complexity index is 358. The largest absolute Gasteiger partial charge is 0.478 e. The zero-order chi connectivity index (χ0) is 14.1. The Kier molecular flexibility index (Phi) is 7.67. The minimum Gasteiger partial charge on any atom is -0.478 e. The summed E-state index contributed by atoms with van der Waals surface area (Å²) in [5.41, 5.74) is 0.289. The molecule has 0 saturated heterocycles. The molecule has 0 spiro atoms. The van der Waals surface area contributed by atoms with E-state index in [4.69, 9.17) is 10.2 Å². The van der Waals surface area contributed by atoms with Gasteiger partial charge in [0, 0.05) is 11.1 Å². The van der Waals surface area contributed by atoms with Gasteiger partial charge in [-0.3, -0.25) is 0 Å². The first kappa shape index (κ1) is 16.4. The highest BCUT2D eigenvalue weighted by Gasteiger charge is 2.07. The molecule has 102 valence electrons. The molecule has 1 atom stereocenters. The van der Waals surface area contributed by atoms with E-state index in [0.717, 1.165) is 6.08 Å². The molecule has 0 aliphatic rings. The van der Waals surface area contributed by atoms with Crippen molar-refractivity contribution >= 4 is 11.9 Å². The molecule has 18 heavy (non-hydrogen) atoms. The van der Waals surface area contributed by atoms with Gasteiger partial charge in [-0.15, -0.1) is 0 Å². The summed E-state index contributed by atoms with van der Waals surface area (Å²) in [5.74, 6) is -2.06. The van der Waals surface area contributed by atoms with Gasteiger partial charge in [0.1, 0.15) is 6.17 Å². The molecule has 0 amide bonds. The highest BCUT2D eigenvalue weighted by atomic mass is 19.1. The number of hydrogen-bond acceptors (Lipinski definition) is 2. The maximum atomic E-state index is 13.3. The Balaban J connectivity index is 3.86. The fourth-order valence-electron chi connectivity index (χ4n) is 1.32. The van der Waals surface area contributed by atoms with Gasteiger partial charge in [-0.05, 0) is 45.6 Å². The molecular formula is C13H19FO4. The number of alkyl halides is 1. The van der Waals surface area contributed by atoms with E-state index in [1.165, 1.54) is 13.8 Å². The minimum atomic E-state index is -1.26. The highest BCUT2D eigenvalue weighted by molar-refractivity contribution is 5.86. The van der Waals surface area contributed by atoms with Crippen LogP contribution in [0.1, 0.15) is 39.5 Å². The number of halogens is 1. The van der Waals surface area contributed by atoms with Crippen LogP contribution in [0.25, 0.3) is 0 Å². The average Bonchev–Trinajstić information content (AvgIpc) is 2.27. The first-order valence-electron chi connectivity index (χ1n) is 5.80. The van der Waals surface area contributed by atoms with Crippen LogP contribution in [0.4, 0.5) is 4.39 Å². The molecule has 0 fully saturated rings. The van der Waals surface area contributed by atoms with Gasteiger partial charge in [0.15, 0.2) is 0 Å². The van der Waals surface area contributed by atoms with Gasteiger partial charge < -0.3 is 10.2 Å². The number of carboxylic acids is 2. The molecule has 0 radical (unpaired) electrons. The molecule has 4 nitrogen and oxygen atoms in total. The van der Waals surface area contributed by atoms with Crippen LogP contribution in [0.15, 0.2) is 23.3 Å². The Hall–Kier alpha value is -1.65. The maximum Gasteiger partial charge on any atom is 0.331 e. The molecule has 0 bridgehead atoms. The van der Waals surface area contributed by atoms with Crippen LogP contribution < -0.4 is 0 Å². The molecule has 0 saturated carbocycles. The number of aliphatic carboxylic acids is 2. The Morgan fingerprint density at radius 1 is 1.11 bits per heavy atom. The van der Waals surface area contributed by atoms with Crippen molar-refractivity contribution in [2.45, 2.75) is 45.7 Å². The lowest BCUT2D eigenvalue weighted by Gasteiger charge is -2.03. The summed E-state index contributed by atoms with van der Waals surface area (Å²) >= 11 is 0. The fraction of sp³-hybridized carbons (Fsp3) is 0.538. The predicted molar refractivity (Wildman–Crippen MR) is 66.1 cm³/mol. The monoisotopic (exact) mass is 258 g/mol. The normalized spacial score (nSPS) is 14.4. The summed E-state index contributed by atoms with van der Waals surface area (Å²) < 4.78 is 13.3. The third kappa shape index (κ3) is 7.60. The molecular weight excluding hydrogens is 239 g/mol. The maximum absolute atomic E-state index is 13.3. The third-order valence-corrected chi connectivity index (χ3v) is 2.49. The summed E-state index contributed by atoms with van der Waals surface area (Å²) in [6, 6.07) is 0. The van der Waals surface area contributed by atoms with Crippen LogP contribution in [0.3, 0.4) is 0 Å². The standard InChI is InChI=1S/C13H19FO4/c1-9(12(15)16)6-4-3-5-7-11(14)8-10(2)13(17)18/h6,8,11H,3-5,7H2,1-2H3,(H,15,16)(H,17,18). The molecule has 1 unspecified atom stereocenters. The Morgan fingerprint density at radius 3 is 2.17 bits per heavy atom. The van der Waals surface area contributed by atoms with Crippen LogP contribution in [0, 0.1) is 0 Å². The first-order valence-corrected chi connectivity index (χ1v) is 5.80. The SMILES string of the molecule is CC(=CCCCCC(F)C=C(C)C(=O)O)C(=O)O. The molecule has 0 rings (SSSR count). The molecule has 2 N–H and O–H groups in total. The van der Waals surface area contributed by atoms with Gasteiger partial charge in [0.25, 0.3) is 0 Å². The number of rotatable bonds is 8. The van der Waals surface area contributed by atoms with E-state index in [1.807, 2.05) is 0 Å². The molecule has 0 aliphatic heterocycles. The van der Waals surface area contributed by atoms with Crippen LogP contribution in [-0.4, -0.2) is 28.3 Å². The van der Waals surface area contributed by atoms with Crippen molar-refractivity contribution in [3.63, 3.8) is 0 Å². The smallest absolute Gasteiger partial charge is 0.331 e. The van der Waals surface area contributed by atoms with Gasteiger partial charge >= 0.3 is 11.9 Å². The van der Waals surface area contributed by atoms with Crippen molar-refractivity contribution < 1.29 is 24.2 Å². The highest BCUT2D eigenvalue weighted by Crippen LogP contribution is 2.11. The molecule has 5 heteroatoms. The van der Waals surface area contributed by atoms with Gasteiger partial charge in [0.2, 0.25) is 0 Å². The summed E-state index contributed by atoms with van der Waals surface area (Å²) in [7, 11) is 0. The van der Waals surface area contributed by atoms with E-state index in [2.05, 4.69) is 0 Å². The lowest BCUT2D eigenvalue weighted by molar-refractivity contribution is -0.133. The van der Waals surface area contributed by atoms with E-state index >= 15 is 0 Å². The number of allylic oxidation sites excluding steroid dienone is 2. The summed E-state index contributed by atoms with van der Waals surface area (Å²) in [5, 5.41) is 17.1. The van der Waals surface area contributed by atoms with Crippen molar-refractivity contribution in [1.29, 1.82) is 0 Å². The average molecular weight is 258 g/mol. The van der Waals surface area contributed by atoms with E-state index in [9.17, 15) is 14.0 Å². The molecule has 0 aromatic rings. The van der Waals surface area contributed by atoms with E-state index in [0.29, 0.717) is 19.3 Å². The zero-order valence-corrected chi connectivity index (χ0v) is 10.6.